The van der Waals surface area contributed by atoms with Gasteiger partial charge in [-0.15, -0.1) is 0 Å². The van der Waals surface area contributed by atoms with Crippen LogP contribution in [-0.2, 0) is 14.3 Å². The predicted molar refractivity (Wildman–Crippen MR) is 73.5 cm³/mol. The fourth-order valence-electron chi connectivity index (χ4n) is 2.05. The van der Waals surface area contributed by atoms with Crippen LogP contribution in [0.5, 0.6) is 0 Å². The molecule has 1 aromatic carbocycles. The Hall–Kier alpha value is -2.10. The van der Waals surface area contributed by atoms with Gasteiger partial charge in [0.05, 0.1) is 0 Å². The van der Waals surface area contributed by atoms with Crippen LogP contribution in [0.2, 0.25) is 0 Å². The molecule has 1 aliphatic rings. The highest BCUT2D eigenvalue weighted by molar-refractivity contribution is 5.88. The van der Waals surface area contributed by atoms with Gasteiger partial charge in [0.1, 0.15) is 18.1 Å². The van der Waals surface area contributed by atoms with Crippen LogP contribution in [0.3, 0.4) is 0 Å². The van der Waals surface area contributed by atoms with Crippen LogP contribution in [0.25, 0.3) is 5.76 Å². The Morgan fingerprint density at radius 1 is 1.42 bits per heavy atom. The topological polar surface area (TPSA) is 55.4 Å². The Kier molecular flexibility index (Phi) is 4.34. The van der Waals surface area contributed by atoms with Gasteiger partial charge in [0.15, 0.2) is 0 Å². The number of anilines is 1. The Morgan fingerprint density at radius 3 is 2.79 bits per heavy atom. The molecule has 0 radical (unpaired) electrons. The molecule has 1 unspecified atom stereocenters. The Labute approximate surface area is 112 Å². The lowest BCUT2D eigenvalue weighted by atomic mass is 10.1. The van der Waals surface area contributed by atoms with Gasteiger partial charge >= 0.3 is 0 Å². The van der Waals surface area contributed by atoms with E-state index in [-0.39, 0.29) is 12.0 Å². The summed E-state index contributed by atoms with van der Waals surface area (Å²) in [5, 5.41) is 2.72. The average molecular weight is 259 g/mol. The average Bonchev–Trinajstić information content (AvgIpc) is 2.85. The minimum absolute atomic E-state index is 0.0852. The van der Waals surface area contributed by atoms with Crippen LogP contribution in [0, 0.1) is 0 Å². The van der Waals surface area contributed by atoms with Gasteiger partial charge in [-0.05, 0) is 36.8 Å². The summed E-state index contributed by atoms with van der Waals surface area (Å²) in [6, 6.07) is 7.53. The molecule has 4 nitrogen and oxygen atoms in total. The number of nitrogens with one attached hydrogen (secondary N) is 1. The molecule has 1 aromatic rings. The van der Waals surface area contributed by atoms with Crippen molar-refractivity contribution in [1.29, 1.82) is 0 Å². The van der Waals surface area contributed by atoms with Gasteiger partial charge in [0.25, 0.3) is 0 Å². The standard InChI is InChI=1S/C15H17NO3/c1-11(18)16-13-6-4-12(5-7-13)15-9-8-14(19-15)3-2-10-17/h4-7,9-10,14H,2-3,8H2,1H3,(H,16,18). The minimum atomic E-state index is -0.0852. The highest BCUT2D eigenvalue weighted by Crippen LogP contribution is 2.28. The molecular formula is C15H17NO3. The van der Waals surface area contributed by atoms with Gasteiger partial charge in [-0.25, -0.2) is 0 Å². The Balaban J connectivity index is 1.96. The van der Waals surface area contributed by atoms with Crippen molar-refractivity contribution in [1.82, 2.24) is 0 Å². The quantitative estimate of drug-likeness (QED) is 0.827. The number of benzene rings is 1. The third-order valence-corrected chi connectivity index (χ3v) is 2.96. The van der Waals surface area contributed by atoms with Gasteiger partial charge in [-0.3, -0.25) is 4.79 Å². The van der Waals surface area contributed by atoms with Crippen LogP contribution >= 0.6 is 0 Å². The van der Waals surface area contributed by atoms with Crippen molar-refractivity contribution in [2.24, 2.45) is 0 Å². The Morgan fingerprint density at radius 2 is 2.16 bits per heavy atom. The predicted octanol–water partition coefficient (Wildman–Crippen LogP) is 2.75. The fraction of sp³-hybridized carbons (Fsp3) is 0.333. The number of amides is 1. The zero-order valence-electron chi connectivity index (χ0n) is 10.9. The molecule has 1 heterocycles. The minimum Gasteiger partial charge on any atom is -0.490 e. The number of ether oxygens (including phenoxy) is 1. The van der Waals surface area contributed by atoms with E-state index in [1.54, 1.807) is 0 Å². The summed E-state index contributed by atoms with van der Waals surface area (Å²) in [6.07, 6.45) is 5.21. The first-order chi connectivity index (χ1) is 9.19. The summed E-state index contributed by atoms with van der Waals surface area (Å²) in [5.74, 6) is 0.767. The number of hydrogen-bond donors (Lipinski definition) is 1. The number of carbonyl (C=O) groups is 2. The monoisotopic (exact) mass is 259 g/mol. The van der Waals surface area contributed by atoms with Gasteiger partial charge < -0.3 is 14.8 Å². The molecule has 100 valence electrons. The summed E-state index contributed by atoms with van der Waals surface area (Å²) >= 11 is 0. The van der Waals surface area contributed by atoms with E-state index in [9.17, 15) is 9.59 Å². The van der Waals surface area contributed by atoms with Gasteiger partial charge in [0, 0.05) is 31.0 Å². The molecular weight excluding hydrogens is 242 g/mol. The van der Waals surface area contributed by atoms with Crippen LogP contribution < -0.4 is 5.32 Å². The zero-order valence-corrected chi connectivity index (χ0v) is 10.9. The maximum absolute atomic E-state index is 10.9. The van der Waals surface area contributed by atoms with Crippen LogP contribution in [0.1, 0.15) is 31.7 Å². The van der Waals surface area contributed by atoms with E-state index in [4.69, 9.17) is 4.74 Å². The maximum atomic E-state index is 10.9. The maximum Gasteiger partial charge on any atom is 0.221 e. The van der Waals surface area contributed by atoms with Crippen LogP contribution in [0.15, 0.2) is 30.3 Å². The summed E-state index contributed by atoms with van der Waals surface area (Å²) in [6.45, 7) is 1.48. The third kappa shape index (κ3) is 3.68. The molecule has 19 heavy (non-hydrogen) atoms. The first-order valence-corrected chi connectivity index (χ1v) is 6.37. The first kappa shape index (κ1) is 13.3. The number of aldehydes is 1. The van der Waals surface area contributed by atoms with E-state index in [0.29, 0.717) is 6.42 Å². The molecule has 1 N–H and O–H groups in total. The van der Waals surface area contributed by atoms with Crippen LogP contribution in [-0.4, -0.2) is 18.3 Å². The second-order valence-corrected chi connectivity index (χ2v) is 4.55. The molecule has 0 saturated heterocycles. The van der Waals surface area contributed by atoms with Crippen molar-refractivity contribution < 1.29 is 14.3 Å². The second-order valence-electron chi connectivity index (χ2n) is 4.55. The Bertz CT molecular complexity index is 491. The number of rotatable bonds is 5. The third-order valence-electron chi connectivity index (χ3n) is 2.96. The van der Waals surface area contributed by atoms with Crippen molar-refractivity contribution in [2.75, 3.05) is 5.32 Å². The smallest absolute Gasteiger partial charge is 0.221 e. The highest BCUT2D eigenvalue weighted by Gasteiger charge is 2.18. The lowest BCUT2D eigenvalue weighted by molar-refractivity contribution is -0.114. The molecule has 0 spiro atoms. The molecule has 2 rings (SSSR count). The molecule has 1 atom stereocenters. The molecule has 4 heteroatoms. The number of carbonyl (C=O) groups excluding carboxylic acids is 2. The van der Waals surface area contributed by atoms with Crippen molar-refractivity contribution in [3.8, 4) is 0 Å². The normalized spacial score (nSPS) is 17.5. The summed E-state index contributed by atoms with van der Waals surface area (Å²) < 4.78 is 5.79. The lowest BCUT2D eigenvalue weighted by Crippen LogP contribution is -2.06. The molecule has 0 fully saturated rings. The van der Waals surface area contributed by atoms with Gasteiger partial charge in [-0.1, -0.05) is 0 Å². The van der Waals surface area contributed by atoms with Gasteiger partial charge in [-0.2, -0.15) is 0 Å². The van der Waals surface area contributed by atoms with Crippen molar-refractivity contribution >= 4 is 23.6 Å². The molecule has 0 aliphatic carbocycles. The highest BCUT2D eigenvalue weighted by atomic mass is 16.5. The van der Waals surface area contributed by atoms with Crippen LogP contribution in [0.4, 0.5) is 5.69 Å². The van der Waals surface area contributed by atoms with E-state index < -0.39 is 0 Å². The summed E-state index contributed by atoms with van der Waals surface area (Å²) in [7, 11) is 0. The van der Waals surface area contributed by atoms with Crippen molar-refractivity contribution in [3.63, 3.8) is 0 Å². The van der Waals surface area contributed by atoms with E-state index in [1.165, 1.54) is 6.92 Å². The molecule has 0 saturated carbocycles. The number of hydrogen-bond acceptors (Lipinski definition) is 3. The largest absolute Gasteiger partial charge is 0.490 e. The lowest BCUT2D eigenvalue weighted by Gasteiger charge is -2.12. The summed E-state index contributed by atoms with van der Waals surface area (Å²) in [5.41, 5.74) is 1.76. The molecule has 1 amide bonds. The molecule has 1 aliphatic heterocycles. The van der Waals surface area contributed by atoms with Crippen molar-refractivity contribution in [3.05, 3.63) is 35.9 Å². The molecule has 0 bridgehead atoms. The van der Waals surface area contributed by atoms with E-state index in [1.807, 2.05) is 30.3 Å². The van der Waals surface area contributed by atoms with Crippen molar-refractivity contribution in [2.45, 2.75) is 32.3 Å². The fourth-order valence-corrected chi connectivity index (χ4v) is 2.05. The van der Waals surface area contributed by atoms with E-state index in [2.05, 4.69) is 5.32 Å². The molecule has 0 aromatic heterocycles. The summed E-state index contributed by atoms with van der Waals surface area (Å²) in [4.78, 5) is 21.3. The van der Waals surface area contributed by atoms with E-state index >= 15 is 0 Å². The van der Waals surface area contributed by atoms with E-state index in [0.717, 1.165) is 36.1 Å². The zero-order chi connectivity index (χ0) is 13.7. The van der Waals surface area contributed by atoms with Gasteiger partial charge in [0.2, 0.25) is 5.91 Å². The second kappa shape index (κ2) is 6.18. The SMILES string of the molecule is CC(=O)Nc1ccc(C2=CCC(CCC=O)O2)cc1. The first-order valence-electron chi connectivity index (χ1n) is 6.37.